The van der Waals surface area contributed by atoms with Crippen LogP contribution in [-0.4, -0.2) is 10.8 Å². The molecule has 0 amide bonds. The Labute approximate surface area is 324 Å². The van der Waals surface area contributed by atoms with Crippen molar-refractivity contribution in [1.29, 1.82) is 0 Å². The highest BCUT2D eigenvalue weighted by molar-refractivity contribution is 7.26. The SMILES string of the molecule is C(=N\C(NCc1ccc(-n2c3ccccc3c3cc(-c4cccc5c4sc4ccccc45)ccc32)cc1)c1cccc(-c2ccccc2)c1)/c1ccccc1. The number of hydrogen-bond donors (Lipinski definition) is 1. The molecule has 0 spiro atoms. The van der Waals surface area contributed by atoms with E-state index in [1.807, 2.05) is 35.8 Å². The second-order valence-corrected chi connectivity index (χ2v) is 15.0. The van der Waals surface area contributed by atoms with Gasteiger partial charge >= 0.3 is 0 Å². The normalized spacial score (nSPS) is 12.4. The summed E-state index contributed by atoms with van der Waals surface area (Å²) >= 11 is 1.88. The van der Waals surface area contributed by atoms with Crippen molar-refractivity contribution in [3.8, 4) is 27.9 Å². The van der Waals surface area contributed by atoms with Crippen molar-refractivity contribution in [1.82, 2.24) is 9.88 Å². The summed E-state index contributed by atoms with van der Waals surface area (Å²) in [4.78, 5) is 5.06. The van der Waals surface area contributed by atoms with Crippen molar-refractivity contribution in [2.24, 2.45) is 4.99 Å². The van der Waals surface area contributed by atoms with Crippen LogP contribution in [0.3, 0.4) is 0 Å². The molecule has 55 heavy (non-hydrogen) atoms. The van der Waals surface area contributed by atoms with Crippen molar-refractivity contribution < 1.29 is 0 Å². The molecular weight excluding hydrogens is 687 g/mol. The molecule has 0 radical (unpaired) electrons. The molecule has 0 bridgehead atoms. The number of aliphatic imine (C=N–C) groups is 1. The van der Waals surface area contributed by atoms with Crippen LogP contribution >= 0.6 is 11.3 Å². The van der Waals surface area contributed by atoms with Crippen LogP contribution in [0.1, 0.15) is 22.9 Å². The van der Waals surface area contributed by atoms with Crippen LogP contribution in [0.25, 0.3) is 69.9 Å². The number of benzene rings is 8. The van der Waals surface area contributed by atoms with Gasteiger partial charge in [0.2, 0.25) is 0 Å². The largest absolute Gasteiger partial charge is 0.309 e. The van der Waals surface area contributed by atoms with Crippen molar-refractivity contribution >= 4 is 59.5 Å². The lowest BCUT2D eigenvalue weighted by molar-refractivity contribution is 0.556. The number of fused-ring (bicyclic) bond motifs is 6. The summed E-state index contributed by atoms with van der Waals surface area (Å²) in [7, 11) is 0. The molecule has 0 fully saturated rings. The lowest BCUT2D eigenvalue weighted by atomic mass is 10.0. The molecule has 2 aromatic heterocycles. The molecule has 0 saturated carbocycles. The Morgan fingerprint density at radius 3 is 2.07 bits per heavy atom. The average molecular weight is 724 g/mol. The minimum Gasteiger partial charge on any atom is -0.309 e. The lowest BCUT2D eigenvalue weighted by Crippen LogP contribution is -2.19. The van der Waals surface area contributed by atoms with Gasteiger partial charge in [-0.2, -0.15) is 0 Å². The van der Waals surface area contributed by atoms with E-state index in [1.165, 1.54) is 69.8 Å². The Morgan fingerprint density at radius 2 is 1.22 bits per heavy atom. The summed E-state index contributed by atoms with van der Waals surface area (Å²) in [5.74, 6) is 0. The van der Waals surface area contributed by atoms with Gasteiger partial charge in [-0.25, -0.2) is 0 Å². The van der Waals surface area contributed by atoms with Gasteiger partial charge in [0.25, 0.3) is 0 Å². The predicted octanol–water partition coefficient (Wildman–Crippen LogP) is 13.4. The van der Waals surface area contributed by atoms with Crippen LogP contribution < -0.4 is 5.32 Å². The molecule has 10 aromatic rings. The monoisotopic (exact) mass is 723 g/mol. The topological polar surface area (TPSA) is 29.3 Å². The van der Waals surface area contributed by atoms with E-state index in [9.17, 15) is 0 Å². The molecule has 10 rings (SSSR count). The van der Waals surface area contributed by atoms with Crippen molar-refractivity contribution in [2.75, 3.05) is 0 Å². The maximum absolute atomic E-state index is 5.06. The number of thiophene rings is 1. The molecule has 0 aliphatic heterocycles. The third-order valence-electron chi connectivity index (χ3n) is 10.6. The first-order valence-electron chi connectivity index (χ1n) is 18.8. The summed E-state index contributed by atoms with van der Waals surface area (Å²) in [6, 6.07) is 69.6. The minimum atomic E-state index is -0.214. The Balaban J connectivity index is 0.966. The van der Waals surface area contributed by atoms with Gasteiger partial charge in [-0.3, -0.25) is 10.3 Å². The second-order valence-electron chi connectivity index (χ2n) is 14.0. The summed E-state index contributed by atoms with van der Waals surface area (Å²) in [5, 5.41) is 8.92. The van der Waals surface area contributed by atoms with E-state index in [0.29, 0.717) is 6.54 Å². The number of aromatic nitrogens is 1. The maximum Gasteiger partial charge on any atom is 0.125 e. The lowest BCUT2D eigenvalue weighted by Gasteiger charge is -2.17. The van der Waals surface area contributed by atoms with Gasteiger partial charge in [-0.15, -0.1) is 11.3 Å². The molecule has 0 aliphatic carbocycles. The third-order valence-corrected chi connectivity index (χ3v) is 11.8. The maximum atomic E-state index is 5.06. The number of rotatable bonds is 9. The minimum absolute atomic E-state index is 0.214. The van der Waals surface area contributed by atoms with E-state index in [1.54, 1.807) is 0 Å². The molecular formula is C51H37N3S. The van der Waals surface area contributed by atoms with Crippen molar-refractivity contribution in [3.05, 3.63) is 211 Å². The highest BCUT2D eigenvalue weighted by atomic mass is 32.1. The Morgan fingerprint density at radius 1 is 0.527 bits per heavy atom. The van der Waals surface area contributed by atoms with Crippen LogP contribution in [-0.2, 0) is 6.54 Å². The molecule has 1 unspecified atom stereocenters. The number of nitrogens with zero attached hydrogens (tertiary/aromatic N) is 2. The van der Waals surface area contributed by atoms with E-state index < -0.39 is 0 Å². The first kappa shape index (κ1) is 33.0. The van der Waals surface area contributed by atoms with Crippen LogP contribution in [0.4, 0.5) is 0 Å². The number of hydrogen-bond acceptors (Lipinski definition) is 3. The Kier molecular flexibility index (Phi) is 8.60. The fraction of sp³-hybridized carbons (Fsp3) is 0.0392. The van der Waals surface area contributed by atoms with Crippen LogP contribution in [0, 0.1) is 0 Å². The van der Waals surface area contributed by atoms with Gasteiger partial charge in [-0.05, 0) is 81.4 Å². The summed E-state index contributed by atoms with van der Waals surface area (Å²) in [6.07, 6.45) is 1.75. The zero-order valence-corrected chi connectivity index (χ0v) is 31.0. The quantitative estimate of drug-likeness (QED) is 0.148. The van der Waals surface area contributed by atoms with Gasteiger partial charge in [0.1, 0.15) is 6.17 Å². The van der Waals surface area contributed by atoms with Gasteiger partial charge < -0.3 is 4.57 Å². The third kappa shape index (κ3) is 6.32. The zero-order chi connectivity index (χ0) is 36.6. The predicted molar refractivity (Wildman–Crippen MR) is 235 cm³/mol. The highest BCUT2D eigenvalue weighted by Crippen LogP contribution is 2.42. The summed E-state index contributed by atoms with van der Waals surface area (Å²) < 4.78 is 5.06. The first-order chi connectivity index (χ1) is 27.3. The van der Waals surface area contributed by atoms with E-state index in [4.69, 9.17) is 4.99 Å². The van der Waals surface area contributed by atoms with Crippen LogP contribution in [0.2, 0.25) is 0 Å². The van der Waals surface area contributed by atoms with Crippen molar-refractivity contribution in [3.63, 3.8) is 0 Å². The smallest absolute Gasteiger partial charge is 0.125 e. The number of nitrogens with one attached hydrogen (secondary N) is 1. The fourth-order valence-corrected chi connectivity index (χ4v) is 9.08. The fourth-order valence-electron chi connectivity index (χ4n) is 7.85. The Bertz CT molecular complexity index is 2980. The second kappa shape index (κ2) is 14.3. The average Bonchev–Trinajstić information content (AvgIpc) is 3.80. The zero-order valence-electron chi connectivity index (χ0n) is 30.1. The molecule has 0 aliphatic rings. The molecule has 1 N–H and O–H groups in total. The van der Waals surface area contributed by atoms with E-state index >= 15 is 0 Å². The highest BCUT2D eigenvalue weighted by Gasteiger charge is 2.16. The van der Waals surface area contributed by atoms with Crippen molar-refractivity contribution in [2.45, 2.75) is 12.7 Å². The number of para-hydroxylation sites is 1. The summed E-state index contributed by atoms with van der Waals surface area (Å²) in [6.45, 7) is 0.673. The molecule has 0 saturated heterocycles. The molecule has 3 nitrogen and oxygen atoms in total. The molecule has 4 heteroatoms. The van der Waals surface area contributed by atoms with Crippen LogP contribution in [0.5, 0.6) is 0 Å². The Hall–Kier alpha value is -6.59. The van der Waals surface area contributed by atoms with Gasteiger partial charge in [0, 0.05) is 49.4 Å². The van der Waals surface area contributed by atoms with E-state index in [2.05, 4.69) is 186 Å². The molecule has 1 atom stereocenters. The molecule has 8 aromatic carbocycles. The standard InChI is InChI=1S/C51H37N3S/c1-3-13-35(14-4-1)33-52-51(40-18-11-17-38(31-40)37-15-5-2-6-16-37)53-34-36-25-28-41(29-26-36)54-47-23-9-7-19-43(47)46-32-39(27-30-48(46)54)42-21-12-22-45-44-20-8-10-24-49(44)55-50(42)45/h1-33,51,53H,34H2/b52-33+. The van der Waals surface area contributed by atoms with Gasteiger partial charge in [0.15, 0.2) is 0 Å². The van der Waals surface area contributed by atoms with Gasteiger partial charge in [-0.1, -0.05) is 152 Å². The molecule has 2 heterocycles. The van der Waals surface area contributed by atoms with Gasteiger partial charge in [0.05, 0.1) is 11.0 Å². The first-order valence-corrected chi connectivity index (χ1v) is 19.6. The van der Waals surface area contributed by atoms with Crippen LogP contribution in [0.15, 0.2) is 199 Å². The van der Waals surface area contributed by atoms with E-state index in [-0.39, 0.29) is 6.17 Å². The van der Waals surface area contributed by atoms with E-state index in [0.717, 1.165) is 16.8 Å². The molecule has 262 valence electrons. The summed E-state index contributed by atoms with van der Waals surface area (Å²) in [5.41, 5.74) is 11.8.